The van der Waals surface area contributed by atoms with E-state index >= 15 is 0 Å². The molecule has 1 unspecified atom stereocenters. The average molecular weight is 565 g/mol. The maximum Gasteiger partial charge on any atom is 0.310 e. The summed E-state index contributed by atoms with van der Waals surface area (Å²) in [6.07, 6.45) is 3.93. The Hall–Kier alpha value is -4.10. The molecule has 4 aromatic rings. The van der Waals surface area contributed by atoms with E-state index in [2.05, 4.69) is 58.5 Å². The van der Waals surface area contributed by atoms with Crippen LogP contribution in [0.15, 0.2) is 60.8 Å². The van der Waals surface area contributed by atoms with Crippen molar-refractivity contribution in [2.45, 2.75) is 65.1 Å². The van der Waals surface area contributed by atoms with Crippen LogP contribution in [0.2, 0.25) is 0 Å². The zero-order chi connectivity index (χ0) is 29.8. The molecule has 1 saturated carbocycles. The van der Waals surface area contributed by atoms with Crippen molar-refractivity contribution in [1.82, 2.24) is 9.88 Å². The van der Waals surface area contributed by atoms with Crippen LogP contribution >= 0.6 is 0 Å². The number of hydrogen-bond acceptors (Lipinski definition) is 6. The van der Waals surface area contributed by atoms with E-state index in [1.165, 1.54) is 11.1 Å². The summed E-state index contributed by atoms with van der Waals surface area (Å²) in [4.78, 5) is 19.7. The van der Waals surface area contributed by atoms with Crippen LogP contribution in [0.25, 0.3) is 10.9 Å². The highest BCUT2D eigenvalue weighted by Gasteiger charge is 2.48. The van der Waals surface area contributed by atoms with Crippen LogP contribution in [0.4, 0.5) is 11.4 Å². The molecule has 1 atom stereocenters. The Morgan fingerprint density at radius 1 is 1.17 bits per heavy atom. The van der Waals surface area contributed by atoms with Gasteiger partial charge < -0.3 is 20.9 Å². The molecule has 42 heavy (non-hydrogen) atoms. The Kier molecular flexibility index (Phi) is 6.89. The number of carboxylic acids is 1. The highest BCUT2D eigenvalue weighted by molar-refractivity contribution is 5.81. The Labute approximate surface area is 247 Å². The number of fused-ring (bicyclic) bond motifs is 2. The van der Waals surface area contributed by atoms with Crippen molar-refractivity contribution < 1.29 is 14.6 Å². The molecule has 0 bridgehead atoms. The van der Waals surface area contributed by atoms with Gasteiger partial charge in [-0.2, -0.15) is 0 Å². The molecule has 1 aromatic heterocycles. The van der Waals surface area contributed by atoms with Gasteiger partial charge in [0, 0.05) is 49.7 Å². The molecule has 218 valence electrons. The van der Waals surface area contributed by atoms with Crippen LogP contribution in [0.5, 0.6) is 5.75 Å². The first-order valence-corrected chi connectivity index (χ1v) is 14.7. The first-order chi connectivity index (χ1) is 20.0. The first kappa shape index (κ1) is 28.0. The van der Waals surface area contributed by atoms with E-state index in [9.17, 15) is 9.90 Å². The number of nitrogen functional groups attached to an aromatic ring is 1. The SMILES string of the molecule is CNc1ccc(C(c2ccc(C)c(CN3Cc4cc5ncccc5cc4OC4(CC4)C3)c2)C(C)(C)C(=O)O)c(C)c1N. The summed E-state index contributed by atoms with van der Waals surface area (Å²) < 4.78 is 6.64. The number of carbonyl (C=O) groups is 1. The molecule has 1 aliphatic carbocycles. The summed E-state index contributed by atoms with van der Waals surface area (Å²) in [6.45, 7) is 10.1. The van der Waals surface area contributed by atoms with Crippen molar-refractivity contribution >= 4 is 28.2 Å². The Morgan fingerprint density at radius 3 is 2.67 bits per heavy atom. The van der Waals surface area contributed by atoms with Gasteiger partial charge in [-0.1, -0.05) is 30.3 Å². The molecule has 3 aromatic carbocycles. The largest absolute Gasteiger partial charge is 0.486 e. The molecule has 7 heteroatoms. The predicted octanol–water partition coefficient (Wildman–Crippen LogP) is 6.65. The monoisotopic (exact) mass is 564 g/mol. The molecule has 2 heterocycles. The van der Waals surface area contributed by atoms with Crippen LogP contribution < -0.4 is 15.8 Å². The molecule has 6 rings (SSSR count). The van der Waals surface area contributed by atoms with E-state index < -0.39 is 11.4 Å². The van der Waals surface area contributed by atoms with E-state index in [0.717, 1.165) is 77.1 Å². The van der Waals surface area contributed by atoms with Crippen molar-refractivity contribution in [2.24, 2.45) is 5.41 Å². The number of benzene rings is 3. The number of aromatic nitrogens is 1. The number of aryl methyl sites for hydroxylation is 1. The highest BCUT2D eigenvalue weighted by Crippen LogP contribution is 2.47. The summed E-state index contributed by atoms with van der Waals surface area (Å²) in [5, 5.41) is 14.6. The topological polar surface area (TPSA) is 101 Å². The fraction of sp³-hybridized carbons (Fsp3) is 0.371. The normalized spacial score (nSPS) is 16.9. The molecule has 4 N–H and O–H groups in total. The van der Waals surface area contributed by atoms with Crippen molar-refractivity contribution in [1.29, 1.82) is 0 Å². The van der Waals surface area contributed by atoms with Crippen molar-refractivity contribution in [3.63, 3.8) is 0 Å². The van der Waals surface area contributed by atoms with Gasteiger partial charge in [-0.05, 0) is 92.6 Å². The summed E-state index contributed by atoms with van der Waals surface area (Å²) in [5.74, 6) is -0.270. The van der Waals surface area contributed by atoms with Crippen LogP contribution in [-0.4, -0.2) is 40.2 Å². The molecule has 1 aliphatic heterocycles. The number of nitrogens with one attached hydrogen (secondary N) is 1. The van der Waals surface area contributed by atoms with Crippen LogP contribution in [0, 0.1) is 19.3 Å². The van der Waals surface area contributed by atoms with Gasteiger partial charge in [0.05, 0.1) is 22.3 Å². The van der Waals surface area contributed by atoms with E-state index in [0.29, 0.717) is 5.69 Å². The number of ether oxygens (including phenoxy) is 1. The fourth-order valence-corrected chi connectivity index (χ4v) is 6.51. The number of anilines is 2. The van der Waals surface area contributed by atoms with E-state index in [1.54, 1.807) is 13.8 Å². The minimum Gasteiger partial charge on any atom is -0.486 e. The maximum atomic E-state index is 12.7. The number of pyridine rings is 1. The van der Waals surface area contributed by atoms with Gasteiger partial charge in [-0.25, -0.2) is 0 Å². The molecule has 1 spiro atoms. The summed E-state index contributed by atoms with van der Waals surface area (Å²) in [6, 6.07) is 18.7. The lowest BCUT2D eigenvalue weighted by molar-refractivity contribution is -0.147. The van der Waals surface area contributed by atoms with Crippen molar-refractivity contribution in [3.8, 4) is 5.75 Å². The van der Waals surface area contributed by atoms with E-state index in [4.69, 9.17) is 10.5 Å². The maximum absolute atomic E-state index is 12.7. The molecule has 1 fully saturated rings. The number of nitrogens with zero attached hydrogens (tertiary/aromatic N) is 2. The van der Waals surface area contributed by atoms with Gasteiger partial charge in [0.25, 0.3) is 0 Å². The summed E-state index contributed by atoms with van der Waals surface area (Å²) >= 11 is 0. The molecule has 0 amide bonds. The molecule has 0 radical (unpaired) electrons. The lowest BCUT2D eigenvalue weighted by Crippen LogP contribution is -2.34. The molecule has 0 saturated heterocycles. The number of rotatable bonds is 7. The zero-order valence-corrected chi connectivity index (χ0v) is 25.1. The van der Waals surface area contributed by atoms with E-state index in [1.807, 2.05) is 38.4 Å². The third kappa shape index (κ3) is 4.96. The van der Waals surface area contributed by atoms with Crippen LogP contribution in [0.3, 0.4) is 0 Å². The van der Waals surface area contributed by atoms with Gasteiger partial charge in [-0.15, -0.1) is 0 Å². The summed E-state index contributed by atoms with van der Waals surface area (Å²) in [7, 11) is 1.84. The van der Waals surface area contributed by atoms with Gasteiger partial charge in [0.1, 0.15) is 11.4 Å². The Bertz CT molecular complexity index is 1690. The minimum absolute atomic E-state index is 0.149. The predicted molar refractivity (Wildman–Crippen MR) is 168 cm³/mol. The number of carboxylic acid groups (broad SMARTS) is 1. The number of nitrogens with two attached hydrogens (primary N) is 1. The van der Waals surface area contributed by atoms with Crippen LogP contribution in [-0.2, 0) is 17.9 Å². The lowest BCUT2D eigenvalue weighted by atomic mass is 9.69. The minimum atomic E-state index is -1.06. The highest BCUT2D eigenvalue weighted by atomic mass is 16.5. The van der Waals surface area contributed by atoms with Crippen molar-refractivity contribution in [3.05, 3.63) is 94.2 Å². The smallest absolute Gasteiger partial charge is 0.310 e. The van der Waals surface area contributed by atoms with Gasteiger partial charge in [-0.3, -0.25) is 14.7 Å². The van der Waals surface area contributed by atoms with Crippen molar-refractivity contribution in [2.75, 3.05) is 24.6 Å². The molecular weight excluding hydrogens is 524 g/mol. The van der Waals surface area contributed by atoms with Crippen LogP contribution in [0.1, 0.15) is 66.0 Å². The molecule has 7 nitrogen and oxygen atoms in total. The third-order valence-corrected chi connectivity index (χ3v) is 9.34. The Morgan fingerprint density at radius 2 is 1.95 bits per heavy atom. The van der Waals surface area contributed by atoms with Gasteiger partial charge in [0.15, 0.2) is 0 Å². The number of hydrogen-bond donors (Lipinski definition) is 3. The average Bonchev–Trinajstić information content (AvgIpc) is 3.73. The van der Waals surface area contributed by atoms with E-state index in [-0.39, 0.29) is 11.5 Å². The van der Waals surface area contributed by atoms with Gasteiger partial charge >= 0.3 is 5.97 Å². The zero-order valence-electron chi connectivity index (χ0n) is 25.1. The second-order valence-corrected chi connectivity index (χ2v) is 12.7. The number of aliphatic carboxylic acids is 1. The fourth-order valence-electron chi connectivity index (χ4n) is 6.51. The molecular formula is C35H40N4O3. The van der Waals surface area contributed by atoms with Gasteiger partial charge in [0.2, 0.25) is 0 Å². The third-order valence-electron chi connectivity index (χ3n) is 9.34. The lowest BCUT2D eigenvalue weighted by Gasteiger charge is -2.34. The Balaban J connectivity index is 1.39. The molecule has 2 aliphatic rings. The summed E-state index contributed by atoms with van der Waals surface area (Å²) in [5.41, 5.74) is 14.1. The first-order valence-electron chi connectivity index (χ1n) is 14.7. The standard InChI is InChI=1S/C35H40N4O3/c1-21-8-9-24(31(34(3,4)33(40)41)27-10-11-28(37-5)32(36)22(27)2)15-25(21)18-39-19-26-16-29-23(7-6-14-38-29)17-30(26)42-35(20-39)12-13-35/h6-11,14-17,31,37H,12-13,18-20,36H2,1-5H3,(H,40,41). The second kappa shape index (κ2) is 10.3. The second-order valence-electron chi connectivity index (χ2n) is 12.7. The quantitative estimate of drug-likeness (QED) is 0.216.